The lowest BCUT2D eigenvalue weighted by Gasteiger charge is -2.35. The minimum atomic E-state index is -2.12. The van der Waals surface area contributed by atoms with Crippen LogP contribution in [0.15, 0.2) is 53.5 Å². The van der Waals surface area contributed by atoms with E-state index in [4.69, 9.17) is 14.2 Å². The molecule has 0 saturated heterocycles. The van der Waals surface area contributed by atoms with E-state index in [9.17, 15) is 14.4 Å². The maximum Gasteiger partial charge on any atom is 0.349 e. The second-order valence-corrected chi connectivity index (χ2v) is 6.89. The Morgan fingerprint density at radius 1 is 1.00 bits per heavy atom. The molecule has 2 aromatic carbocycles. The molecule has 0 aromatic heterocycles. The molecular weight excluding hydrogens is 400 g/mol. The number of para-hydroxylation sites is 1. The highest BCUT2D eigenvalue weighted by atomic mass is 16.6. The molecule has 4 rings (SSSR count). The number of hydrogen-bond acceptors (Lipinski definition) is 7. The van der Waals surface area contributed by atoms with Gasteiger partial charge in [-0.15, -0.1) is 0 Å². The third-order valence-corrected chi connectivity index (χ3v) is 5.19. The first kappa shape index (κ1) is 20.6. The number of hydrogen-bond donors (Lipinski definition) is 0. The predicted molar refractivity (Wildman–Crippen MR) is 112 cm³/mol. The number of carbonyl (C=O) groups is 3. The van der Waals surface area contributed by atoms with Crippen molar-refractivity contribution in [3.05, 3.63) is 65.2 Å². The fraction of sp³-hybridized carbons (Fsp3) is 0.304. The Labute approximate surface area is 179 Å². The molecule has 0 radical (unpaired) electrons. The van der Waals surface area contributed by atoms with E-state index >= 15 is 0 Å². The van der Waals surface area contributed by atoms with E-state index < -0.39 is 23.4 Å². The topological polar surface area (TPSA) is 94.5 Å². The van der Waals surface area contributed by atoms with Crippen molar-refractivity contribution in [3.63, 3.8) is 0 Å². The van der Waals surface area contributed by atoms with Crippen LogP contribution >= 0.6 is 0 Å². The van der Waals surface area contributed by atoms with Crippen LogP contribution in [0, 0.1) is 0 Å². The number of rotatable bonds is 6. The summed E-state index contributed by atoms with van der Waals surface area (Å²) in [5.41, 5.74) is -0.854. The van der Waals surface area contributed by atoms with Gasteiger partial charge in [0.25, 0.3) is 11.4 Å². The van der Waals surface area contributed by atoms with Gasteiger partial charge in [-0.25, -0.2) is 14.6 Å². The molecule has 1 amide bonds. The molecule has 0 bridgehead atoms. The van der Waals surface area contributed by atoms with Gasteiger partial charge in [-0.05, 0) is 32.0 Å². The van der Waals surface area contributed by atoms with E-state index in [2.05, 4.69) is 4.99 Å². The van der Waals surface area contributed by atoms with Crippen molar-refractivity contribution < 1.29 is 28.6 Å². The molecule has 8 nitrogen and oxygen atoms in total. The number of carbonyl (C=O) groups excluding carboxylic acids is 3. The van der Waals surface area contributed by atoms with Crippen LogP contribution in [0.4, 0.5) is 5.69 Å². The third kappa shape index (κ3) is 3.06. The van der Waals surface area contributed by atoms with Crippen LogP contribution in [0.2, 0.25) is 0 Å². The minimum Gasteiger partial charge on any atom is -0.475 e. The molecule has 8 heteroatoms. The summed E-state index contributed by atoms with van der Waals surface area (Å²) >= 11 is 0. The number of aliphatic imine (C=N–C) groups is 1. The summed E-state index contributed by atoms with van der Waals surface area (Å²) in [6.07, 6.45) is 0. The van der Waals surface area contributed by atoms with Gasteiger partial charge < -0.3 is 14.2 Å². The Morgan fingerprint density at radius 2 is 1.61 bits per heavy atom. The first-order chi connectivity index (χ1) is 15.1. The summed E-state index contributed by atoms with van der Waals surface area (Å²) in [6.45, 7) is 4.23. The highest BCUT2D eigenvalue weighted by molar-refractivity contribution is 6.26. The highest BCUT2D eigenvalue weighted by Gasteiger charge is 2.64. The van der Waals surface area contributed by atoms with Crippen molar-refractivity contribution >= 4 is 29.4 Å². The molecule has 2 aliphatic heterocycles. The van der Waals surface area contributed by atoms with Gasteiger partial charge in [0, 0.05) is 11.1 Å². The number of amides is 1. The molecule has 2 aromatic rings. The van der Waals surface area contributed by atoms with Crippen LogP contribution in [-0.4, -0.2) is 50.1 Å². The van der Waals surface area contributed by atoms with Gasteiger partial charge in [0.1, 0.15) is 6.61 Å². The second-order valence-electron chi connectivity index (χ2n) is 6.89. The molecule has 0 atom stereocenters. The van der Waals surface area contributed by atoms with Crippen LogP contribution in [0.3, 0.4) is 0 Å². The van der Waals surface area contributed by atoms with Crippen molar-refractivity contribution in [2.45, 2.75) is 19.4 Å². The summed E-state index contributed by atoms with van der Waals surface area (Å²) in [6, 6.07) is 13.4. The van der Waals surface area contributed by atoms with E-state index in [1.165, 1.54) is 0 Å². The zero-order valence-electron chi connectivity index (χ0n) is 17.3. The summed E-state index contributed by atoms with van der Waals surface area (Å²) in [5.74, 6) is -1.92. The molecule has 160 valence electrons. The maximum absolute atomic E-state index is 13.6. The number of anilines is 1. The van der Waals surface area contributed by atoms with Crippen molar-refractivity contribution in [1.29, 1.82) is 0 Å². The predicted octanol–water partition coefficient (Wildman–Crippen LogP) is 2.45. The fourth-order valence-corrected chi connectivity index (χ4v) is 3.97. The second kappa shape index (κ2) is 8.22. The van der Waals surface area contributed by atoms with E-state index in [0.717, 1.165) is 4.90 Å². The molecule has 0 aliphatic carbocycles. The zero-order valence-corrected chi connectivity index (χ0v) is 17.3. The highest BCUT2D eigenvalue weighted by Crippen LogP contribution is 2.45. The Morgan fingerprint density at radius 3 is 2.23 bits per heavy atom. The van der Waals surface area contributed by atoms with Crippen LogP contribution in [0.25, 0.3) is 0 Å². The lowest BCUT2D eigenvalue weighted by molar-refractivity contribution is -0.164. The molecule has 0 spiro atoms. The Balaban J connectivity index is 2.02. The van der Waals surface area contributed by atoms with Crippen molar-refractivity contribution in [3.8, 4) is 0 Å². The number of ether oxygens (including phenoxy) is 3. The molecule has 2 heterocycles. The normalized spacial score (nSPS) is 16.4. The van der Waals surface area contributed by atoms with Crippen LogP contribution in [0.5, 0.6) is 0 Å². The van der Waals surface area contributed by atoms with Crippen LogP contribution in [0.1, 0.15) is 35.3 Å². The average molecular weight is 422 g/mol. The standard InChI is InChI=1S/C23H22N2O6/c1-3-29-21(27)23(22(28)30-4-2)17-11-7-5-9-15(17)20(26)25(23)18-12-8-6-10-16(18)19-24-13-14-31-19/h5-12H,3-4,13-14H2,1-2H3. The van der Waals surface area contributed by atoms with Gasteiger partial charge in [0.05, 0.1) is 31.0 Å². The van der Waals surface area contributed by atoms with Crippen molar-refractivity contribution in [2.75, 3.05) is 31.3 Å². The fourth-order valence-electron chi connectivity index (χ4n) is 3.97. The van der Waals surface area contributed by atoms with E-state index in [1.54, 1.807) is 62.4 Å². The van der Waals surface area contributed by atoms with Gasteiger partial charge in [-0.3, -0.25) is 9.69 Å². The molecule has 31 heavy (non-hydrogen) atoms. The molecule has 2 aliphatic rings. The third-order valence-electron chi connectivity index (χ3n) is 5.19. The maximum atomic E-state index is 13.6. The average Bonchev–Trinajstić information content (AvgIpc) is 3.40. The quantitative estimate of drug-likeness (QED) is 0.524. The lowest BCUT2D eigenvalue weighted by atomic mass is 9.88. The van der Waals surface area contributed by atoms with Crippen molar-refractivity contribution in [1.82, 2.24) is 0 Å². The van der Waals surface area contributed by atoms with Crippen LogP contribution < -0.4 is 4.90 Å². The Hall–Kier alpha value is -3.68. The number of fused-ring (bicyclic) bond motifs is 1. The monoisotopic (exact) mass is 422 g/mol. The summed E-state index contributed by atoms with van der Waals surface area (Å²) in [4.78, 5) is 46.0. The Kier molecular flexibility index (Phi) is 5.46. The summed E-state index contributed by atoms with van der Waals surface area (Å²) in [7, 11) is 0. The number of nitrogens with zero attached hydrogens (tertiary/aromatic N) is 2. The molecular formula is C23H22N2O6. The van der Waals surface area contributed by atoms with E-state index in [1.807, 2.05) is 0 Å². The first-order valence-corrected chi connectivity index (χ1v) is 10.1. The van der Waals surface area contributed by atoms with Crippen LogP contribution in [-0.2, 0) is 29.3 Å². The summed E-state index contributed by atoms with van der Waals surface area (Å²) < 4.78 is 16.3. The molecule has 0 N–H and O–H groups in total. The van der Waals surface area contributed by atoms with Gasteiger partial charge in [0.2, 0.25) is 5.90 Å². The van der Waals surface area contributed by atoms with E-state index in [-0.39, 0.29) is 24.3 Å². The van der Waals surface area contributed by atoms with Gasteiger partial charge >= 0.3 is 11.9 Å². The largest absolute Gasteiger partial charge is 0.475 e. The SMILES string of the molecule is CCOC(=O)C1(C(=O)OCC)c2ccccc2C(=O)N1c1ccccc1C1=NCCO1. The van der Waals surface area contributed by atoms with Gasteiger partial charge in [-0.1, -0.05) is 30.3 Å². The lowest BCUT2D eigenvalue weighted by Crippen LogP contribution is -2.57. The minimum absolute atomic E-state index is 0.0294. The number of esters is 2. The van der Waals surface area contributed by atoms with Gasteiger partial charge in [0.15, 0.2) is 0 Å². The van der Waals surface area contributed by atoms with Crippen molar-refractivity contribution in [2.24, 2.45) is 4.99 Å². The first-order valence-electron chi connectivity index (χ1n) is 10.1. The Bertz CT molecular complexity index is 1060. The molecule has 0 unspecified atom stereocenters. The molecule has 0 saturated carbocycles. The summed E-state index contributed by atoms with van der Waals surface area (Å²) in [5, 5.41) is 0. The smallest absolute Gasteiger partial charge is 0.349 e. The van der Waals surface area contributed by atoms with E-state index in [0.29, 0.717) is 30.3 Å². The van der Waals surface area contributed by atoms with Gasteiger partial charge in [-0.2, -0.15) is 0 Å². The zero-order chi connectivity index (χ0) is 22.0. The molecule has 0 fully saturated rings. The number of benzene rings is 2.